The van der Waals surface area contributed by atoms with Gasteiger partial charge in [-0.25, -0.2) is 4.98 Å². The van der Waals surface area contributed by atoms with Crippen LogP contribution in [-0.2, 0) is 12.0 Å². The summed E-state index contributed by atoms with van der Waals surface area (Å²) in [5, 5.41) is 9.46. The molecule has 0 saturated heterocycles. The number of anilines is 3. The first-order chi connectivity index (χ1) is 14.7. The Balaban J connectivity index is 1.72. The van der Waals surface area contributed by atoms with Crippen LogP contribution in [-0.4, -0.2) is 36.1 Å². The van der Waals surface area contributed by atoms with Crippen molar-refractivity contribution >= 4 is 29.1 Å². The van der Waals surface area contributed by atoms with Crippen LogP contribution in [0.4, 0.5) is 30.6 Å². The number of fused-ring (bicyclic) bond motifs is 1. The lowest BCUT2D eigenvalue weighted by Crippen LogP contribution is -2.57. The van der Waals surface area contributed by atoms with Crippen LogP contribution in [0, 0.1) is 0 Å². The molecule has 2 heterocycles. The zero-order valence-electron chi connectivity index (χ0n) is 17.1. The van der Waals surface area contributed by atoms with E-state index in [-0.39, 0.29) is 10.6 Å². The topological polar surface area (TPSA) is 91.1 Å². The molecule has 1 atom stereocenters. The number of nitrogens with one attached hydrogen (secondary N) is 3. The lowest BCUT2D eigenvalue weighted by molar-refractivity contribution is -0.137. The fourth-order valence-electron chi connectivity index (χ4n) is 4.14. The van der Waals surface area contributed by atoms with Gasteiger partial charge in [-0.2, -0.15) is 18.2 Å². The van der Waals surface area contributed by atoms with Crippen molar-refractivity contribution in [3.05, 3.63) is 40.5 Å². The van der Waals surface area contributed by atoms with Gasteiger partial charge >= 0.3 is 6.18 Å². The Kier molecular flexibility index (Phi) is 5.89. The van der Waals surface area contributed by atoms with E-state index in [1.165, 1.54) is 18.9 Å². The first-order valence-electron chi connectivity index (χ1n) is 10.2. The van der Waals surface area contributed by atoms with Crippen LogP contribution in [0.3, 0.4) is 0 Å². The molecule has 0 amide bonds. The third-order valence-corrected chi connectivity index (χ3v) is 5.93. The van der Waals surface area contributed by atoms with Crippen LogP contribution in [0.25, 0.3) is 0 Å². The van der Waals surface area contributed by atoms with Gasteiger partial charge in [0.05, 0.1) is 17.4 Å². The molecule has 168 valence electrons. The smallest absolute Gasteiger partial charge is 0.351 e. The summed E-state index contributed by atoms with van der Waals surface area (Å²) in [4.78, 5) is 10.8. The third-order valence-electron chi connectivity index (χ3n) is 5.71. The molecule has 2 aliphatic rings. The second-order valence-electron chi connectivity index (χ2n) is 7.93. The molecule has 1 aliphatic carbocycles. The molecule has 31 heavy (non-hydrogen) atoms. The number of halogens is 4. The predicted octanol–water partition coefficient (Wildman–Crippen LogP) is 3.72. The van der Waals surface area contributed by atoms with Gasteiger partial charge in [0.2, 0.25) is 5.95 Å². The first-order valence-corrected chi connectivity index (χ1v) is 10.6. The van der Waals surface area contributed by atoms with Gasteiger partial charge in [-0.15, -0.1) is 0 Å². The highest BCUT2D eigenvalue weighted by Crippen LogP contribution is 2.43. The van der Waals surface area contributed by atoms with Crippen molar-refractivity contribution in [2.75, 3.05) is 35.7 Å². The molecule has 11 heteroatoms. The fraction of sp³-hybridized carbons (Fsp3) is 0.500. The highest BCUT2D eigenvalue weighted by molar-refractivity contribution is 6.30. The van der Waals surface area contributed by atoms with Crippen LogP contribution >= 0.6 is 11.6 Å². The summed E-state index contributed by atoms with van der Waals surface area (Å²) in [7, 11) is 1.79. The van der Waals surface area contributed by atoms with Crippen molar-refractivity contribution in [1.29, 1.82) is 0 Å². The second kappa shape index (κ2) is 8.33. The highest BCUT2D eigenvalue weighted by Gasteiger charge is 2.44. The Morgan fingerprint density at radius 2 is 2.03 bits per heavy atom. The molecule has 0 radical (unpaired) electrons. The number of hydrogen-bond donors (Lipinski definition) is 4. The van der Waals surface area contributed by atoms with E-state index in [1.54, 1.807) is 18.1 Å². The second-order valence-corrected chi connectivity index (χ2v) is 8.37. The minimum absolute atomic E-state index is 0.0457. The summed E-state index contributed by atoms with van der Waals surface area (Å²) in [6.45, 7) is 0.947. The maximum atomic E-state index is 13.4. The van der Waals surface area contributed by atoms with E-state index in [0.717, 1.165) is 25.0 Å². The van der Waals surface area contributed by atoms with Crippen LogP contribution < -0.4 is 26.6 Å². The van der Waals surface area contributed by atoms with Gasteiger partial charge in [0.15, 0.2) is 11.6 Å². The van der Waals surface area contributed by atoms with E-state index in [9.17, 15) is 13.2 Å². The summed E-state index contributed by atoms with van der Waals surface area (Å²) in [6.07, 6.45) is 1.52. The number of aromatic nitrogens is 2. The Hall–Kier alpha value is -2.30. The van der Waals surface area contributed by atoms with Gasteiger partial charge in [0, 0.05) is 29.7 Å². The number of benzene rings is 1. The molecule has 1 saturated carbocycles. The zero-order valence-corrected chi connectivity index (χ0v) is 17.8. The van der Waals surface area contributed by atoms with Gasteiger partial charge < -0.3 is 20.9 Å². The van der Waals surface area contributed by atoms with Crippen molar-refractivity contribution in [3.63, 3.8) is 0 Å². The number of nitrogens with two attached hydrogens (primary N) is 1. The summed E-state index contributed by atoms with van der Waals surface area (Å²) >= 11 is 6.03. The average molecular weight is 456 g/mol. The molecule has 1 aliphatic heterocycles. The van der Waals surface area contributed by atoms with E-state index in [1.807, 2.05) is 0 Å². The number of alkyl halides is 3. The van der Waals surface area contributed by atoms with Crippen LogP contribution in [0.1, 0.15) is 36.8 Å². The quantitative estimate of drug-likeness (QED) is 0.527. The van der Waals surface area contributed by atoms with E-state index < -0.39 is 17.5 Å². The van der Waals surface area contributed by atoms with Crippen molar-refractivity contribution < 1.29 is 13.2 Å². The van der Waals surface area contributed by atoms with E-state index in [2.05, 4.69) is 25.9 Å². The molecular formula is C20H25ClF3N7. The lowest BCUT2D eigenvalue weighted by Gasteiger charge is -2.36. The molecule has 1 aromatic heterocycles. The number of nitrogens with zero attached hydrogens (tertiary/aromatic N) is 3. The third kappa shape index (κ3) is 4.37. The maximum Gasteiger partial charge on any atom is 0.416 e. The Bertz CT molecular complexity index is 949. The van der Waals surface area contributed by atoms with E-state index in [4.69, 9.17) is 17.3 Å². The molecular weight excluding hydrogens is 431 g/mol. The SMILES string of the molecule is CNCCN1c2nc(NC3CCCC3)ncc2NC1(N)c1cc(Cl)cc(C(F)(F)F)c1. The van der Waals surface area contributed by atoms with Crippen molar-refractivity contribution in [1.82, 2.24) is 15.3 Å². The molecule has 5 N–H and O–H groups in total. The van der Waals surface area contributed by atoms with Crippen molar-refractivity contribution in [2.45, 2.75) is 43.7 Å². The standard InChI is InChI=1S/C20H25ClF3N7/c1-26-6-7-31-17-16(11-27-18(29-17)28-15-4-2-3-5-15)30-20(31,25)13-8-12(19(22,23)24)9-14(21)10-13/h8-11,15,26,30H,2-7,25H2,1H3,(H,27,28,29). The summed E-state index contributed by atoms with van der Waals surface area (Å²) < 4.78 is 40.2. The van der Waals surface area contributed by atoms with Crippen molar-refractivity contribution in [3.8, 4) is 0 Å². The molecule has 0 spiro atoms. The van der Waals surface area contributed by atoms with E-state index in [0.29, 0.717) is 36.6 Å². The Morgan fingerprint density at radius 1 is 1.29 bits per heavy atom. The fourth-order valence-corrected chi connectivity index (χ4v) is 4.37. The number of hydrogen-bond acceptors (Lipinski definition) is 7. The average Bonchev–Trinajstić information content (AvgIpc) is 3.31. The molecule has 1 fully saturated rings. The normalized spacial score (nSPS) is 21.3. The van der Waals surface area contributed by atoms with Crippen molar-refractivity contribution in [2.24, 2.45) is 5.73 Å². The monoisotopic (exact) mass is 455 g/mol. The molecule has 1 unspecified atom stereocenters. The van der Waals surface area contributed by atoms with Crippen LogP contribution in [0.15, 0.2) is 24.4 Å². The van der Waals surface area contributed by atoms with E-state index >= 15 is 0 Å². The molecule has 2 aromatic rings. The minimum atomic E-state index is -4.55. The molecule has 0 bridgehead atoms. The molecule has 7 nitrogen and oxygen atoms in total. The molecule has 1 aromatic carbocycles. The molecule has 4 rings (SSSR count). The van der Waals surface area contributed by atoms with Gasteiger partial charge in [-0.3, -0.25) is 5.73 Å². The first kappa shape index (κ1) is 21.9. The maximum absolute atomic E-state index is 13.4. The van der Waals surface area contributed by atoms with Gasteiger partial charge in [-0.05, 0) is 38.1 Å². The number of rotatable bonds is 6. The zero-order chi connectivity index (χ0) is 22.2. The highest BCUT2D eigenvalue weighted by atomic mass is 35.5. The summed E-state index contributed by atoms with van der Waals surface area (Å²) in [6, 6.07) is 3.66. The predicted molar refractivity (Wildman–Crippen MR) is 115 cm³/mol. The van der Waals surface area contributed by atoms with Gasteiger partial charge in [-0.1, -0.05) is 24.4 Å². The Morgan fingerprint density at radius 3 is 2.71 bits per heavy atom. The minimum Gasteiger partial charge on any atom is -0.351 e. The summed E-state index contributed by atoms with van der Waals surface area (Å²) in [5.41, 5.74) is 6.56. The number of likely N-dealkylation sites (N-methyl/N-ethyl adjacent to an activating group) is 1. The van der Waals surface area contributed by atoms with Crippen LogP contribution in [0.5, 0.6) is 0 Å². The van der Waals surface area contributed by atoms with Gasteiger partial charge in [0.25, 0.3) is 0 Å². The van der Waals surface area contributed by atoms with Crippen LogP contribution in [0.2, 0.25) is 5.02 Å². The largest absolute Gasteiger partial charge is 0.416 e. The summed E-state index contributed by atoms with van der Waals surface area (Å²) in [5.74, 6) is -0.458. The Labute approximate surface area is 183 Å². The van der Waals surface area contributed by atoms with Gasteiger partial charge in [0.1, 0.15) is 0 Å². The lowest BCUT2D eigenvalue weighted by atomic mass is 10.0.